The smallest absolute Gasteiger partial charge is 0.338 e. The first-order valence-corrected chi connectivity index (χ1v) is 9.90. The molecule has 6 nitrogen and oxygen atoms in total. The molecule has 1 aliphatic heterocycles. The van der Waals surface area contributed by atoms with Crippen molar-refractivity contribution in [2.45, 2.75) is 33.7 Å². The molecule has 0 N–H and O–H groups in total. The van der Waals surface area contributed by atoms with E-state index in [-0.39, 0.29) is 12.4 Å². The summed E-state index contributed by atoms with van der Waals surface area (Å²) in [4.78, 5) is 52.3. The summed E-state index contributed by atoms with van der Waals surface area (Å²) in [7, 11) is 0. The molecule has 1 heterocycles. The number of rotatable bonds is 5. The van der Waals surface area contributed by atoms with E-state index in [1.165, 1.54) is 4.90 Å². The molecule has 156 valence electrons. The summed E-state index contributed by atoms with van der Waals surface area (Å²) >= 11 is 0. The van der Waals surface area contributed by atoms with Crippen molar-refractivity contribution in [3.8, 4) is 0 Å². The van der Waals surface area contributed by atoms with Gasteiger partial charge in [0.1, 0.15) is 5.92 Å². The molecular formula is C24H25NO5. The van der Waals surface area contributed by atoms with Crippen molar-refractivity contribution in [3.63, 3.8) is 0 Å². The summed E-state index contributed by atoms with van der Waals surface area (Å²) < 4.78 is 4.99. The fourth-order valence-corrected chi connectivity index (χ4v) is 3.64. The molecule has 2 aromatic carbocycles. The summed E-state index contributed by atoms with van der Waals surface area (Å²) in [5.74, 6) is -3.27. The summed E-state index contributed by atoms with van der Waals surface area (Å²) in [5.41, 5.74) is 0.711. The van der Waals surface area contributed by atoms with Crippen LogP contribution in [-0.4, -0.2) is 30.0 Å². The first kappa shape index (κ1) is 21.4. The van der Waals surface area contributed by atoms with Gasteiger partial charge in [-0.05, 0) is 36.8 Å². The van der Waals surface area contributed by atoms with E-state index >= 15 is 0 Å². The SMILES string of the molecule is CCOC(=O)c1ccc(N2C(=O)C(=O)C(C(=O)C(C)(C)C)C2c2ccccc2)cc1. The second-order valence-electron chi connectivity index (χ2n) is 8.25. The molecule has 6 heteroatoms. The van der Waals surface area contributed by atoms with Crippen molar-refractivity contribution in [2.24, 2.45) is 11.3 Å². The van der Waals surface area contributed by atoms with Crippen LogP contribution < -0.4 is 4.90 Å². The number of carbonyl (C=O) groups is 4. The van der Waals surface area contributed by atoms with E-state index in [9.17, 15) is 19.2 Å². The second kappa shape index (κ2) is 8.22. The molecule has 0 bridgehead atoms. The van der Waals surface area contributed by atoms with Crippen LogP contribution in [0.2, 0.25) is 0 Å². The number of anilines is 1. The normalized spacial score (nSPS) is 19.1. The Labute approximate surface area is 175 Å². The van der Waals surface area contributed by atoms with Gasteiger partial charge >= 0.3 is 5.97 Å². The first-order chi connectivity index (χ1) is 14.2. The summed E-state index contributed by atoms with van der Waals surface area (Å²) in [6.07, 6.45) is 0. The third-order valence-electron chi connectivity index (χ3n) is 5.13. The quantitative estimate of drug-likeness (QED) is 0.428. The molecule has 2 aromatic rings. The van der Waals surface area contributed by atoms with Gasteiger partial charge in [-0.25, -0.2) is 4.79 Å². The zero-order valence-electron chi connectivity index (χ0n) is 17.5. The minimum absolute atomic E-state index is 0.256. The highest BCUT2D eigenvalue weighted by Crippen LogP contribution is 2.42. The van der Waals surface area contributed by atoms with Crippen LogP contribution in [0.5, 0.6) is 0 Å². The fraction of sp³-hybridized carbons (Fsp3) is 0.333. The Morgan fingerprint density at radius 1 is 0.967 bits per heavy atom. The highest BCUT2D eigenvalue weighted by Gasteiger charge is 2.53. The van der Waals surface area contributed by atoms with Crippen LogP contribution in [0.25, 0.3) is 0 Å². The van der Waals surface area contributed by atoms with Crippen LogP contribution in [0.3, 0.4) is 0 Å². The van der Waals surface area contributed by atoms with Crippen LogP contribution in [0.15, 0.2) is 54.6 Å². The van der Waals surface area contributed by atoms with Gasteiger partial charge in [-0.2, -0.15) is 0 Å². The average molecular weight is 407 g/mol. The first-order valence-electron chi connectivity index (χ1n) is 9.90. The predicted octanol–water partition coefficient (Wildman–Crippen LogP) is 3.75. The average Bonchev–Trinajstić information content (AvgIpc) is 2.98. The van der Waals surface area contributed by atoms with Gasteiger partial charge in [-0.15, -0.1) is 0 Å². The van der Waals surface area contributed by atoms with Crippen molar-refractivity contribution in [1.82, 2.24) is 0 Å². The minimum Gasteiger partial charge on any atom is -0.462 e. The van der Waals surface area contributed by atoms with Crippen LogP contribution in [0.1, 0.15) is 49.7 Å². The van der Waals surface area contributed by atoms with Gasteiger partial charge < -0.3 is 4.74 Å². The van der Waals surface area contributed by atoms with E-state index in [0.717, 1.165) is 0 Å². The zero-order chi connectivity index (χ0) is 22.1. The monoisotopic (exact) mass is 407 g/mol. The Morgan fingerprint density at radius 2 is 1.57 bits per heavy atom. The van der Waals surface area contributed by atoms with Gasteiger partial charge in [0.25, 0.3) is 5.91 Å². The number of hydrogen-bond acceptors (Lipinski definition) is 5. The summed E-state index contributed by atoms with van der Waals surface area (Å²) in [6, 6.07) is 14.6. The highest BCUT2D eigenvalue weighted by atomic mass is 16.5. The van der Waals surface area contributed by atoms with Crippen molar-refractivity contribution < 1.29 is 23.9 Å². The van der Waals surface area contributed by atoms with Gasteiger partial charge in [-0.1, -0.05) is 51.1 Å². The van der Waals surface area contributed by atoms with Crippen molar-refractivity contribution in [2.75, 3.05) is 11.5 Å². The Hall–Kier alpha value is -3.28. The molecule has 3 rings (SSSR count). The number of esters is 1. The van der Waals surface area contributed by atoms with E-state index in [2.05, 4.69) is 0 Å². The van der Waals surface area contributed by atoms with Gasteiger partial charge in [-0.3, -0.25) is 19.3 Å². The molecule has 0 radical (unpaired) electrons. The lowest BCUT2D eigenvalue weighted by Gasteiger charge is -2.30. The lowest BCUT2D eigenvalue weighted by Crippen LogP contribution is -2.35. The van der Waals surface area contributed by atoms with Gasteiger partial charge in [0.2, 0.25) is 5.78 Å². The Kier molecular flexibility index (Phi) is 5.87. The lowest BCUT2D eigenvalue weighted by atomic mass is 9.77. The van der Waals surface area contributed by atoms with E-state index in [1.54, 1.807) is 64.1 Å². The number of hydrogen-bond donors (Lipinski definition) is 0. The van der Waals surface area contributed by atoms with Gasteiger partial charge in [0.15, 0.2) is 5.78 Å². The summed E-state index contributed by atoms with van der Waals surface area (Å²) in [5, 5.41) is 0. The van der Waals surface area contributed by atoms with Crippen molar-refractivity contribution in [1.29, 1.82) is 0 Å². The Balaban J connectivity index is 2.08. The zero-order valence-corrected chi connectivity index (χ0v) is 17.5. The molecule has 1 saturated heterocycles. The van der Waals surface area contributed by atoms with E-state index in [0.29, 0.717) is 16.8 Å². The maximum atomic E-state index is 13.1. The molecule has 2 unspecified atom stereocenters. The maximum absolute atomic E-state index is 13.1. The predicted molar refractivity (Wildman–Crippen MR) is 112 cm³/mol. The van der Waals surface area contributed by atoms with Gasteiger partial charge in [0.05, 0.1) is 18.2 Å². The van der Waals surface area contributed by atoms with Crippen LogP contribution in [0.4, 0.5) is 5.69 Å². The topological polar surface area (TPSA) is 80.8 Å². The largest absolute Gasteiger partial charge is 0.462 e. The minimum atomic E-state index is -1.09. The van der Waals surface area contributed by atoms with Crippen molar-refractivity contribution in [3.05, 3.63) is 65.7 Å². The molecule has 0 aliphatic carbocycles. The third kappa shape index (κ3) is 3.90. The lowest BCUT2D eigenvalue weighted by molar-refractivity contribution is -0.141. The third-order valence-corrected chi connectivity index (χ3v) is 5.13. The molecule has 1 fully saturated rings. The molecule has 0 saturated carbocycles. The molecule has 30 heavy (non-hydrogen) atoms. The maximum Gasteiger partial charge on any atom is 0.338 e. The van der Waals surface area contributed by atoms with Crippen LogP contribution >= 0.6 is 0 Å². The molecule has 0 spiro atoms. The number of ether oxygens (including phenoxy) is 1. The standard InChI is InChI=1S/C24H25NO5/c1-5-30-23(29)16-11-13-17(14-12-16)25-19(15-9-7-6-8-10-15)18(20(26)22(25)28)21(27)24(2,3)4/h6-14,18-19H,5H2,1-4H3. The molecule has 2 atom stereocenters. The van der Waals surface area contributed by atoms with Crippen LogP contribution in [-0.2, 0) is 19.1 Å². The summed E-state index contributed by atoms with van der Waals surface area (Å²) in [6.45, 7) is 7.20. The number of benzene rings is 2. The molecular weight excluding hydrogens is 382 g/mol. The Bertz CT molecular complexity index is 973. The number of amides is 1. The van der Waals surface area contributed by atoms with E-state index in [4.69, 9.17) is 4.74 Å². The van der Waals surface area contributed by atoms with Crippen molar-refractivity contribution >= 4 is 29.1 Å². The fourth-order valence-electron chi connectivity index (χ4n) is 3.64. The van der Waals surface area contributed by atoms with E-state index < -0.39 is 35.0 Å². The Morgan fingerprint density at radius 3 is 2.10 bits per heavy atom. The number of ketones is 2. The molecule has 1 amide bonds. The molecule has 0 aromatic heterocycles. The van der Waals surface area contributed by atoms with E-state index in [1.807, 2.05) is 18.2 Å². The highest BCUT2D eigenvalue weighted by molar-refractivity contribution is 6.48. The molecule has 1 aliphatic rings. The van der Waals surface area contributed by atoms with Gasteiger partial charge in [0, 0.05) is 11.1 Å². The second-order valence-corrected chi connectivity index (χ2v) is 8.25. The van der Waals surface area contributed by atoms with Crippen LogP contribution in [0, 0.1) is 11.3 Å². The number of carbonyl (C=O) groups excluding carboxylic acids is 4. The number of nitrogens with zero attached hydrogens (tertiary/aromatic N) is 1. The number of Topliss-reactive ketones (excluding diaryl/α,β-unsaturated/α-hetero) is 2.